The number of carboxylic acid groups (broad SMARTS) is 1. The van der Waals surface area contributed by atoms with E-state index in [1.54, 1.807) is 42.5 Å². The van der Waals surface area contributed by atoms with Gasteiger partial charge in [0.25, 0.3) is 5.91 Å². The first-order valence-electron chi connectivity index (χ1n) is 6.62. The van der Waals surface area contributed by atoms with Gasteiger partial charge < -0.3 is 10.4 Å². The van der Waals surface area contributed by atoms with Crippen LogP contribution in [0.1, 0.15) is 28.4 Å². The fourth-order valence-electron chi connectivity index (χ4n) is 2.14. The van der Waals surface area contributed by atoms with Gasteiger partial charge in [-0.05, 0) is 31.0 Å². The molecule has 0 bridgehead atoms. The number of aryl methyl sites for hydroxylation is 1. The Bertz CT molecular complexity index is 667. The highest BCUT2D eigenvalue weighted by Crippen LogP contribution is 2.22. The van der Waals surface area contributed by atoms with E-state index in [-0.39, 0.29) is 0 Å². The molecule has 0 spiro atoms. The van der Waals surface area contributed by atoms with Gasteiger partial charge in [-0.1, -0.05) is 48.5 Å². The summed E-state index contributed by atoms with van der Waals surface area (Å²) in [4.78, 5) is 24.0. The molecule has 0 saturated heterocycles. The smallest absolute Gasteiger partial charge is 0.333 e. The Balaban J connectivity index is 2.36. The summed E-state index contributed by atoms with van der Waals surface area (Å²) in [6.07, 6.45) is 0. The predicted octanol–water partition coefficient (Wildman–Crippen LogP) is 2.72. The molecule has 0 saturated carbocycles. The summed E-state index contributed by atoms with van der Waals surface area (Å²) in [6.45, 7) is 3.30. The zero-order valence-electron chi connectivity index (χ0n) is 12.0. The number of hydrogen-bond acceptors (Lipinski definition) is 2. The van der Waals surface area contributed by atoms with Crippen molar-refractivity contribution in [2.75, 3.05) is 0 Å². The molecule has 1 amide bonds. The van der Waals surface area contributed by atoms with Gasteiger partial charge in [0.15, 0.2) is 5.54 Å². The van der Waals surface area contributed by atoms with E-state index in [9.17, 15) is 14.7 Å². The number of benzene rings is 2. The largest absolute Gasteiger partial charge is 0.479 e. The second kappa shape index (κ2) is 5.79. The summed E-state index contributed by atoms with van der Waals surface area (Å²) in [6, 6.07) is 15.7. The Labute approximate surface area is 123 Å². The van der Waals surface area contributed by atoms with Crippen molar-refractivity contribution >= 4 is 11.9 Å². The van der Waals surface area contributed by atoms with E-state index >= 15 is 0 Å². The summed E-state index contributed by atoms with van der Waals surface area (Å²) < 4.78 is 0. The molecule has 0 heterocycles. The van der Waals surface area contributed by atoms with Crippen molar-refractivity contribution in [2.24, 2.45) is 0 Å². The lowest BCUT2D eigenvalue weighted by atomic mass is 9.91. The minimum absolute atomic E-state index is 0.401. The Morgan fingerprint density at radius 2 is 1.57 bits per heavy atom. The lowest BCUT2D eigenvalue weighted by Crippen LogP contribution is -2.49. The van der Waals surface area contributed by atoms with Crippen LogP contribution in [-0.4, -0.2) is 17.0 Å². The van der Waals surface area contributed by atoms with Crippen LogP contribution >= 0.6 is 0 Å². The van der Waals surface area contributed by atoms with Crippen LogP contribution in [0.5, 0.6) is 0 Å². The molecule has 0 aliphatic heterocycles. The highest BCUT2D eigenvalue weighted by atomic mass is 16.4. The SMILES string of the molecule is Cc1ccccc1C(=O)NC(C)(C(=O)O)c1ccccc1. The molecule has 4 nitrogen and oxygen atoms in total. The summed E-state index contributed by atoms with van der Waals surface area (Å²) in [5.41, 5.74) is 0.330. The Kier molecular flexibility index (Phi) is 4.08. The molecular weight excluding hydrogens is 266 g/mol. The number of aliphatic carboxylic acids is 1. The molecule has 4 heteroatoms. The third-order valence-corrected chi connectivity index (χ3v) is 3.53. The van der Waals surface area contributed by atoms with E-state index < -0.39 is 17.4 Å². The van der Waals surface area contributed by atoms with Gasteiger partial charge in [0.05, 0.1) is 0 Å². The van der Waals surface area contributed by atoms with Crippen molar-refractivity contribution < 1.29 is 14.7 Å². The number of carbonyl (C=O) groups is 2. The third-order valence-electron chi connectivity index (χ3n) is 3.53. The third kappa shape index (κ3) is 2.94. The van der Waals surface area contributed by atoms with Crippen molar-refractivity contribution in [3.05, 3.63) is 71.3 Å². The first-order valence-corrected chi connectivity index (χ1v) is 6.62. The average molecular weight is 283 g/mol. The molecule has 2 aromatic carbocycles. The summed E-state index contributed by atoms with van der Waals surface area (Å²) in [5.74, 6) is -1.50. The molecule has 2 N–H and O–H groups in total. The van der Waals surface area contributed by atoms with Crippen molar-refractivity contribution in [3.8, 4) is 0 Å². The van der Waals surface area contributed by atoms with Crippen LogP contribution in [0.3, 0.4) is 0 Å². The van der Waals surface area contributed by atoms with Crippen LogP contribution in [0.15, 0.2) is 54.6 Å². The van der Waals surface area contributed by atoms with Gasteiger partial charge in [-0.25, -0.2) is 4.79 Å². The van der Waals surface area contributed by atoms with Crippen molar-refractivity contribution in [1.29, 1.82) is 0 Å². The van der Waals surface area contributed by atoms with E-state index in [0.29, 0.717) is 11.1 Å². The summed E-state index contributed by atoms with van der Waals surface area (Å²) in [7, 11) is 0. The molecule has 2 rings (SSSR count). The van der Waals surface area contributed by atoms with Crippen LogP contribution in [0, 0.1) is 6.92 Å². The first-order chi connectivity index (χ1) is 9.95. The maximum absolute atomic E-state index is 12.4. The number of nitrogens with one attached hydrogen (secondary N) is 1. The van der Waals surface area contributed by atoms with Crippen molar-refractivity contribution in [3.63, 3.8) is 0 Å². The zero-order chi connectivity index (χ0) is 15.5. The van der Waals surface area contributed by atoms with E-state index in [0.717, 1.165) is 5.56 Å². The predicted molar refractivity (Wildman–Crippen MR) is 80.1 cm³/mol. The molecule has 1 unspecified atom stereocenters. The molecule has 2 aromatic rings. The van der Waals surface area contributed by atoms with Gasteiger partial charge in [-0.3, -0.25) is 4.79 Å². The van der Waals surface area contributed by atoms with E-state index in [2.05, 4.69) is 5.32 Å². The van der Waals surface area contributed by atoms with Gasteiger partial charge in [0.2, 0.25) is 0 Å². The van der Waals surface area contributed by atoms with E-state index in [1.165, 1.54) is 6.92 Å². The van der Waals surface area contributed by atoms with E-state index in [4.69, 9.17) is 0 Å². The van der Waals surface area contributed by atoms with Crippen LogP contribution in [0.4, 0.5) is 0 Å². The second-order valence-corrected chi connectivity index (χ2v) is 5.07. The molecular formula is C17H17NO3. The minimum Gasteiger partial charge on any atom is -0.479 e. The zero-order valence-corrected chi connectivity index (χ0v) is 12.0. The van der Waals surface area contributed by atoms with Crippen LogP contribution < -0.4 is 5.32 Å². The Hall–Kier alpha value is -2.62. The maximum Gasteiger partial charge on any atom is 0.333 e. The lowest BCUT2D eigenvalue weighted by Gasteiger charge is -2.27. The summed E-state index contributed by atoms with van der Waals surface area (Å²) in [5, 5.41) is 12.2. The minimum atomic E-state index is -1.47. The second-order valence-electron chi connectivity index (χ2n) is 5.07. The normalized spacial score (nSPS) is 13.2. The Morgan fingerprint density at radius 1 is 1.00 bits per heavy atom. The molecule has 21 heavy (non-hydrogen) atoms. The topological polar surface area (TPSA) is 66.4 Å². The molecule has 0 aliphatic carbocycles. The molecule has 0 radical (unpaired) electrons. The van der Waals surface area contributed by atoms with Crippen molar-refractivity contribution in [2.45, 2.75) is 19.4 Å². The van der Waals surface area contributed by atoms with E-state index in [1.807, 2.05) is 19.1 Å². The highest BCUT2D eigenvalue weighted by Gasteiger charge is 2.37. The van der Waals surface area contributed by atoms with Gasteiger partial charge in [-0.15, -0.1) is 0 Å². The molecule has 0 aromatic heterocycles. The first kappa shape index (κ1) is 14.8. The van der Waals surface area contributed by atoms with Crippen molar-refractivity contribution in [1.82, 2.24) is 5.32 Å². The van der Waals surface area contributed by atoms with Gasteiger partial charge in [0, 0.05) is 5.56 Å². The fourth-order valence-corrected chi connectivity index (χ4v) is 2.14. The number of carbonyl (C=O) groups excluding carboxylic acids is 1. The molecule has 0 fully saturated rings. The van der Waals surface area contributed by atoms with Crippen LogP contribution in [-0.2, 0) is 10.3 Å². The number of amides is 1. The fraction of sp³-hybridized carbons (Fsp3) is 0.176. The molecule has 108 valence electrons. The number of hydrogen-bond donors (Lipinski definition) is 2. The number of carboxylic acids is 1. The number of rotatable bonds is 4. The quantitative estimate of drug-likeness (QED) is 0.906. The molecule has 1 atom stereocenters. The molecule has 0 aliphatic rings. The average Bonchev–Trinajstić information content (AvgIpc) is 2.48. The van der Waals surface area contributed by atoms with Crippen LogP contribution in [0.2, 0.25) is 0 Å². The van der Waals surface area contributed by atoms with Gasteiger partial charge >= 0.3 is 5.97 Å². The van der Waals surface area contributed by atoms with Gasteiger partial charge in [0.1, 0.15) is 0 Å². The summed E-state index contributed by atoms with van der Waals surface area (Å²) >= 11 is 0. The maximum atomic E-state index is 12.4. The highest BCUT2D eigenvalue weighted by molar-refractivity contribution is 5.99. The van der Waals surface area contributed by atoms with Crippen LogP contribution in [0.25, 0.3) is 0 Å². The Morgan fingerprint density at radius 3 is 2.14 bits per heavy atom. The monoisotopic (exact) mass is 283 g/mol. The van der Waals surface area contributed by atoms with Gasteiger partial charge in [-0.2, -0.15) is 0 Å². The lowest BCUT2D eigenvalue weighted by molar-refractivity contribution is -0.144. The standard InChI is InChI=1S/C17H17NO3/c1-12-8-6-7-11-14(12)15(19)18-17(2,16(20)21)13-9-4-3-5-10-13/h3-11H,1-2H3,(H,18,19)(H,20,21).